The molecule has 14 heavy (non-hydrogen) atoms. The second kappa shape index (κ2) is 3.41. The van der Waals surface area contributed by atoms with Gasteiger partial charge < -0.3 is 10.8 Å². The molecule has 0 atom stereocenters. The Morgan fingerprint density at radius 1 is 1.36 bits per heavy atom. The summed E-state index contributed by atoms with van der Waals surface area (Å²) in [7, 11) is 0. The van der Waals surface area contributed by atoms with Crippen molar-refractivity contribution in [1.29, 1.82) is 0 Å². The Kier molecular flexibility index (Phi) is 2.10. The molecule has 0 aliphatic carbocycles. The normalized spacial score (nSPS) is 10.3. The van der Waals surface area contributed by atoms with E-state index >= 15 is 0 Å². The van der Waals surface area contributed by atoms with Crippen molar-refractivity contribution >= 4 is 5.82 Å². The molecule has 0 fully saturated rings. The Morgan fingerprint density at radius 3 is 2.86 bits per heavy atom. The number of aromatic nitrogens is 2. The van der Waals surface area contributed by atoms with E-state index in [9.17, 15) is 5.11 Å². The highest BCUT2D eigenvalue weighted by molar-refractivity contribution is 5.28. The third kappa shape index (κ3) is 1.85. The fourth-order valence-electron chi connectivity index (χ4n) is 1.31. The summed E-state index contributed by atoms with van der Waals surface area (Å²) in [6.45, 7) is 0.617. The quantitative estimate of drug-likeness (QED) is 0.746. The highest BCUT2D eigenvalue weighted by atomic mass is 16.3. The molecular weight excluding hydrogens is 178 g/mol. The number of nitrogens with two attached hydrogens (primary N) is 1. The second-order valence-corrected chi connectivity index (χ2v) is 3.11. The van der Waals surface area contributed by atoms with Crippen LogP contribution in [0.3, 0.4) is 0 Å². The average molecular weight is 189 g/mol. The van der Waals surface area contributed by atoms with Crippen molar-refractivity contribution in [1.82, 2.24) is 9.78 Å². The van der Waals surface area contributed by atoms with Gasteiger partial charge in [0.1, 0.15) is 11.6 Å². The summed E-state index contributed by atoms with van der Waals surface area (Å²) in [5.74, 6) is 0.771. The summed E-state index contributed by atoms with van der Waals surface area (Å²) in [5.41, 5.74) is 6.47. The van der Waals surface area contributed by atoms with E-state index in [4.69, 9.17) is 5.73 Å². The van der Waals surface area contributed by atoms with E-state index in [0.717, 1.165) is 5.56 Å². The lowest BCUT2D eigenvalue weighted by atomic mass is 10.2. The van der Waals surface area contributed by atoms with Gasteiger partial charge in [0.2, 0.25) is 0 Å². The third-order valence-corrected chi connectivity index (χ3v) is 1.92. The summed E-state index contributed by atoms with van der Waals surface area (Å²) < 4.78 is 1.73. The Labute approximate surface area is 81.6 Å². The van der Waals surface area contributed by atoms with E-state index in [1.807, 2.05) is 6.07 Å². The van der Waals surface area contributed by atoms with E-state index in [-0.39, 0.29) is 5.75 Å². The molecule has 0 aliphatic rings. The largest absolute Gasteiger partial charge is 0.508 e. The monoisotopic (exact) mass is 189 g/mol. The number of phenolic OH excluding ortho intramolecular Hbond substituents is 1. The second-order valence-electron chi connectivity index (χ2n) is 3.11. The number of rotatable bonds is 2. The number of benzene rings is 1. The summed E-state index contributed by atoms with van der Waals surface area (Å²) in [6.07, 6.45) is 1.80. The maximum Gasteiger partial charge on any atom is 0.145 e. The molecule has 0 unspecified atom stereocenters. The van der Waals surface area contributed by atoms with Crippen LogP contribution in [0.2, 0.25) is 0 Å². The van der Waals surface area contributed by atoms with Crippen LogP contribution < -0.4 is 5.73 Å². The SMILES string of the molecule is Nc1ccn(Cc2cccc(O)c2)n1. The number of aromatic hydroxyl groups is 1. The van der Waals surface area contributed by atoms with Crippen LogP contribution in [0.15, 0.2) is 36.5 Å². The Balaban J connectivity index is 2.18. The Hall–Kier alpha value is -1.97. The van der Waals surface area contributed by atoms with Gasteiger partial charge in [-0.3, -0.25) is 4.68 Å². The van der Waals surface area contributed by atoms with Crippen LogP contribution in [0.25, 0.3) is 0 Å². The van der Waals surface area contributed by atoms with Gasteiger partial charge in [0.05, 0.1) is 6.54 Å². The minimum atomic E-state index is 0.266. The lowest BCUT2D eigenvalue weighted by molar-refractivity contribution is 0.474. The van der Waals surface area contributed by atoms with E-state index in [2.05, 4.69) is 5.10 Å². The molecule has 0 radical (unpaired) electrons. The molecule has 4 nitrogen and oxygen atoms in total. The van der Waals surface area contributed by atoms with Crippen LogP contribution in [-0.2, 0) is 6.54 Å². The first kappa shape index (κ1) is 8.62. The third-order valence-electron chi connectivity index (χ3n) is 1.92. The van der Waals surface area contributed by atoms with Gasteiger partial charge in [0, 0.05) is 6.20 Å². The molecule has 4 heteroatoms. The molecule has 72 valence electrons. The zero-order chi connectivity index (χ0) is 9.97. The first-order valence-electron chi connectivity index (χ1n) is 4.31. The van der Waals surface area contributed by atoms with E-state index in [1.165, 1.54) is 0 Å². The lowest BCUT2D eigenvalue weighted by Crippen LogP contribution is -2.00. The smallest absolute Gasteiger partial charge is 0.145 e. The van der Waals surface area contributed by atoms with Gasteiger partial charge in [-0.25, -0.2) is 0 Å². The highest BCUT2D eigenvalue weighted by Crippen LogP contribution is 2.12. The maximum atomic E-state index is 9.24. The van der Waals surface area contributed by atoms with Crippen LogP contribution >= 0.6 is 0 Å². The van der Waals surface area contributed by atoms with E-state index < -0.39 is 0 Å². The average Bonchev–Trinajstić information content (AvgIpc) is 2.51. The molecule has 0 saturated heterocycles. The molecule has 2 aromatic rings. The maximum absolute atomic E-state index is 9.24. The summed E-state index contributed by atoms with van der Waals surface area (Å²) in [5, 5.41) is 13.3. The van der Waals surface area contributed by atoms with Gasteiger partial charge in [-0.05, 0) is 23.8 Å². The molecule has 0 spiro atoms. The molecular formula is C10H11N3O. The highest BCUT2D eigenvalue weighted by Gasteiger charge is 1.97. The first-order chi connectivity index (χ1) is 6.74. The molecule has 1 heterocycles. The molecule has 3 N–H and O–H groups in total. The Morgan fingerprint density at radius 2 is 2.21 bits per heavy atom. The minimum Gasteiger partial charge on any atom is -0.508 e. The van der Waals surface area contributed by atoms with Crippen LogP contribution in [0.1, 0.15) is 5.56 Å². The standard InChI is InChI=1S/C10H11N3O/c11-10-4-5-13(12-10)7-8-2-1-3-9(14)6-8/h1-6,14H,7H2,(H2,11,12). The van der Waals surface area contributed by atoms with Crippen molar-refractivity contribution in [3.63, 3.8) is 0 Å². The molecule has 1 aromatic carbocycles. The van der Waals surface area contributed by atoms with Crippen molar-refractivity contribution in [3.8, 4) is 5.75 Å². The van der Waals surface area contributed by atoms with Crippen LogP contribution in [0.4, 0.5) is 5.82 Å². The zero-order valence-corrected chi connectivity index (χ0v) is 7.59. The van der Waals surface area contributed by atoms with Crippen LogP contribution in [0.5, 0.6) is 5.75 Å². The van der Waals surface area contributed by atoms with Gasteiger partial charge in [-0.2, -0.15) is 5.10 Å². The number of hydrogen-bond donors (Lipinski definition) is 2. The van der Waals surface area contributed by atoms with Crippen molar-refractivity contribution in [3.05, 3.63) is 42.1 Å². The van der Waals surface area contributed by atoms with Gasteiger partial charge in [-0.1, -0.05) is 12.1 Å². The predicted octanol–water partition coefficient (Wildman–Crippen LogP) is 1.22. The minimum absolute atomic E-state index is 0.266. The summed E-state index contributed by atoms with van der Waals surface area (Å²) in [6, 6.07) is 8.82. The predicted molar refractivity (Wildman–Crippen MR) is 53.8 cm³/mol. The number of nitrogen functional groups attached to an aromatic ring is 1. The molecule has 0 bridgehead atoms. The molecule has 2 rings (SSSR count). The molecule has 0 saturated carbocycles. The van der Waals surface area contributed by atoms with E-state index in [0.29, 0.717) is 12.4 Å². The van der Waals surface area contributed by atoms with Crippen molar-refractivity contribution in [2.24, 2.45) is 0 Å². The van der Waals surface area contributed by atoms with Crippen molar-refractivity contribution < 1.29 is 5.11 Å². The summed E-state index contributed by atoms with van der Waals surface area (Å²) in [4.78, 5) is 0. The van der Waals surface area contributed by atoms with Crippen molar-refractivity contribution in [2.75, 3.05) is 5.73 Å². The fraction of sp³-hybridized carbons (Fsp3) is 0.100. The van der Waals surface area contributed by atoms with Gasteiger partial charge in [0.25, 0.3) is 0 Å². The van der Waals surface area contributed by atoms with Gasteiger partial charge in [-0.15, -0.1) is 0 Å². The van der Waals surface area contributed by atoms with Gasteiger partial charge in [0.15, 0.2) is 0 Å². The summed E-state index contributed by atoms with van der Waals surface area (Å²) >= 11 is 0. The Bertz CT molecular complexity index is 436. The van der Waals surface area contributed by atoms with E-state index in [1.54, 1.807) is 35.1 Å². The molecule has 0 amide bonds. The number of hydrogen-bond acceptors (Lipinski definition) is 3. The fourth-order valence-corrected chi connectivity index (χ4v) is 1.31. The lowest BCUT2D eigenvalue weighted by Gasteiger charge is -2.01. The first-order valence-corrected chi connectivity index (χ1v) is 4.31. The van der Waals surface area contributed by atoms with Crippen LogP contribution in [0, 0.1) is 0 Å². The number of anilines is 1. The van der Waals surface area contributed by atoms with Gasteiger partial charge >= 0.3 is 0 Å². The van der Waals surface area contributed by atoms with Crippen molar-refractivity contribution in [2.45, 2.75) is 6.54 Å². The topological polar surface area (TPSA) is 64.1 Å². The van der Waals surface area contributed by atoms with Crippen LogP contribution in [-0.4, -0.2) is 14.9 Å². The molecule has 1 aromatic heterocycles. The molecule has 0 aliphatic heterocycles. The number of phenols is 1. The zero-order valence-electron chi connectivity index (χ0n) is 7.59. The number of nitrogens with zero attached hydrogens (tertiary/aromatic N) is 2.